The third-order valence-electron chi connectivity index (χ3n) is 7.31. The highest BCUT2D eigenvalue weighted by atomic mass is 33.1. The van der Waals surface area contributed by atoms with E-state index in [9.17, 15) is 27.9 Å². The summed E-state index contributed by atoms with van der Waals surface area (Å²) in [6, 6.07) is 31.6. The van der Waals surface area contributed by atoms with Gasteiger partial charge in [-0.25, -0.2) is 13.2 Å². The van der Waals surface area contributed by atoms with Gasteiger partial charge in [0.2, 0.25) is 14.8 Å². The molecule has 1 heterocycles. The molecular weight excluding hydrogens is 625 g/mol. The first-order chi connectivity index (χ1) is 22.0. The number of hydrogen-bond donors (Lipinski definition) is 2. The molecule has 0 bridgehead atoms. The van der Waals surface area contributed by atoms with Crippen LogP contribution < -0.4 is 5.32 Å². The first-order valence-corrected chi connectivity index (χ1v) is 17.3. The van der Waals surface area contributed by atoms with Crippen molar-refractivity contribution < 1.29 is 32.6 Å². The first kappa shape index (κ1) is 32.5. The van der Waals surface area contributed by atoms with Crippen molar-refractivity contribution in [3.8, 4) is 0 Å². The molecule has 4 aromatic carbocycles. The van der Waals surface area contributed by atoms with Gasteiger partial charge in [0, 0.05) is 10.8 Å². The van der Waals surface area contributed by atoms with Gasteiger partial charge in [-0.15, -0.1) is 0 Å². The van der Waals surface area contributed by atoms with E-state index in [1.807, 2.05) is 25.1 Å². The second kappa shape index (κ2) is 14.1. The van der Waals surface area contributed by atoms with E-state index in [0.29, 0.717) is 27.5 Å². The molecule has 1 fully saturated rings. The van der Waals surface area contributed by atoms with Gasteiger partial charge in [-0.2, -0.15) is 0 Å². The van der Waals surface area contributed by atoms with E-state index in [-0.39, 0.29) is 11.3 Å². The number of esters is 1. The highest BCUT2D eigenvalue weighted by Crippen LogP contribution is 2.41. The number of likely N-dealkylation sites (tertiary alicyclic amines) is 1. The van der Waals surface area contributed by atoms with Gasteiger partial charge >= 0.3 is 5.97 Å². The second-order valence-electron chi connectivity index (χ2n) is 10.7. The van der Waals surface area contributed by atoms with E-state index in [4.69, 9.17) is 4.74 Å². The number of rotatable bonds is 11. The van der Waals surface area contributed by atoms with Crippen molar-refractivity contribution in [2.75, 3.05) is 0 Å². The molecule has 1 aliphatic heterocycles. The van der Waals surface area contributed by atoms with Crippen LogP contribution in [0.1, 0.15) is 35.3 Å². The number of ether oxygens (including phenoxy) is 1. The molecule has 4 aromatic rings. The Morgan fingerprint density at radius 1 is 0.870 bits per heavy atom. The van der Waals surface area contributed by atoms with Gasteiger partial charge in [0.05, 0.1) is 11.3 Å². The maximum atomic E-state index is 13.8. The largest absolute Gasteiger partial charge is 0.510 e. The van der Waals surface area contributed by atoms with Gasteiger partial charge in [0.15, 0.2) is 11.8 Å². The van der Waals surface area contributed by atoms with Crippen molar-refractivity contribution in [1.29, 1.82) is 0 Å². The molecule has 0 spiro atoms. The third kappa shape index (κ3) is 7.32. The number of amides is 2. The lowest BCUT2D eigenvalue weighted by Gasteiger charge is -2.46. The summed E-state index contributed by atoms with van der Waals surface area (Å²) in [4.78, 5) is 41.3. The SMILES string of the molecule is C/C(O)=C(/C(=O)OC(c1ccccc1)c1ccccc1)N1C(=O)C(NC(=O)Cc2ccccc2)C1SS(=O)(=O)c1ccc(C)cc1. The zero-order valence-corrected chi connectivity index (χ0v) is 26.7. The van der Waals surface area contributed by atoms with Crippen LogP contribution in [0, 0.1) is 6.92 Å². The molecule has 0 radical (unpaired) electrons. The van der Waals surface area contributed by atoms with Gasteiger partial charge in [0.25, 0.3) is 5.91 Å². The summed E-state index contributed by atoms with van der Waals surface area (Å²) in [5, 5.41) is 12.1. The van der Waals surface area contributed by atoms with Crippen LogP contribution in [-0.2, 0) is 34.4 Å². The molecule has 236 valence electrons. The lowest BCUT2D eigenvalue weighted by atomic mass is 10.0. The fraction of sp³-hybridized carbons (Fsp3) is 0.171. The average molecular weight is 657 g/mol. The Kier molecular flexibility index (Phi) is 9.93. The number of hydrogen-bond acceptors (Lipinski definition) is 8. The monoisotopic (exact) mass is 656 g/mol. The molecule has 2 atom stereocenters. The molecule has 1 aliphatic rings. The zero-order valence-electron chi connectivity index (χ0n) is 25.1. The van der Waals surface area contributed by atoms with E-state index < -0.39 is 55.6 Å². The van der Waals surface area contributed by atoms with E-state index in [2.05, 4.69) is 5.32 Å². The van der Waals surface area contributed by atoms with E-state index in [1.165, 1.54) is 19.1 Å². The molecular formula is C35H32N2O7S2. The van der Waals surface area contributed by atoms with Crippen LogP contribution in [0.3, 0.4) is 0 Å². The topological polar surface area (TPSA) is 130 Å². The number of allylic oxidation sites excluding steroid dienone is 1. The number of benzene rings is 4. The molecule has 0 aliphatic carbocycles. The van der Waals surface area contributed by atoms with Gasteiger partial charge < -0.3 is 15.2 Å². The summed E-state index contributed by atoms with van der Waals surface area (Å²) < 4.78 is 33.0. The van der Waals surface area contributed by atoms with Gasteiger partial charge in [-0.3, -0.25) is 14.5 Å². The minimum Gasteiger partial charge on any atom is -0.510 e. The Morgan fingerprint density at radius 2 is 1.39 bits per heavy atom. The number of aliphatic hydroxyl groups is 1. The predicted octanol–water partition coefficient (Wildman–Crippen LogP) is 5.44. The molecule has 0 aromatic heterocycles. The van der Waals surface area contributed by atoms with Crippen LogP contribution >= 0.6 is 10.8 Å². The Labute approximate surface area is 271 Å². The minimum absolute atomic E-state index is 0.0150. The van der Waals surface area contributed by atoms with Crippen LogP contribution in [0.25, 0.3) is 0 Å². The van der Waals surface area contributed by atoms with Crippen molar-refractivity contribution in [3.63, 3.8) is 0 Å². The standard InChI is InChI=1S/C35H32N2O7S2/c1-23-18-20-28(21-19-23)46(42,43)45-34-30(36-29(39)22-25-12-6-3-7-13-25)33(40)37(34)31(24(2)38)35(41)44-32(26-14-8-4-9-15-26)27-16-10-5-11-17-27/h3-21,30,32,34,38H,22H2,1-2H3,(H,36,39)/b31-24+. The summed E-state index contributed by atoms with van der Waals surface area (Å²) in [6.07, 6.45) is -0.948. The Morgan fingerprint density at radius 3 is 1.91 bits per heavy atom. The maximum absolute atomic E-state index is 13.8. The fourth-order valence-corrected chi connectivity index (χ4v) is 8.46. The lowest BCUT2D eigenvalue weighted by Crippen LogP contribution is -2.70. The lowest BCUT2D eigenvalue weighted by molar-refractivity contribution is -0.154. The number of β-lactam (4-membered cyclic amide) rings is 1. The number of carbonyl (C=O) groups is 3. The van der Waals surface area contributed by atoms with Crippen LogP contribution in [0.15, 0.2) is 132 Å². The van der Waals surface area contributed by atoms with Crippen molar-refractivity contribution in [2.24, 2.45) is 0 Å². The van der Waals surface area contributed by atoms with Crippen LogP contribution in [0.4, 0.5) is 0 Å². The summed E-state index contributed by atoms with van der Waals surface area (Å²) in [5.74, 6) is -2.87. The summed E-state index contributed by atoms with van der Waals surface area (Å²) in [5.41, 5.74) is 2.32. The third-order valence-corrected chi connectivity index (χ3v) is 11.0. The first-order valence-electron chi connectivity index (χ1n) is 14.4. The highest BCUT2D eigenvalue weighted by Gasteiger charge is 2.55. The Balaban J connectivity index is 1.46. The van der Waals surface area contributed by atoms with E-state index >= 15 is 0 Å². The quantitative estimate of drug-likeness (QED) is 0.0719. The van der Waals surface area contributed by atoms with Crippen molar-refractivity contribution >= 4 is 37.4 Å². The Hall–Kier alpha value is -4.87. The second-order valence-corrected chi connectivity index (χ2v) is 14.7. The van der Waals surface area contributed by atoms with Crippen LogP contribution in [0.5, 0.6) is 0 Å². The number of aliphatic hydroxyl groups excluding tert-OH is 1. The van der Waals surface area contributed by atoms with Gasteiger partial charge in [-0.05, 0) is 42.7 Å². The van der Waals surface area contributed by atoms with Crippen molar-refractivity contribution in [2.45, 2.75) is 42.7 Å². The molecule has 11 heteroatoms. The minimum atomic E-state index is -4.10. The van der Waals surface area contributed by atoms with Crippen molar-refractivity contribution in [1.82, 2.24) is 10.2 Å². The molecule has 0 saturated carbocycles. The van der Waals surface area contributed by atoms with E-state index in [1.54, 1.807) is 84.9 Å². The zero-order chi connectivity index (χ0) is 32.8. The molecule has 2 amide bonds. The normalized spacial score (nSPS) is 16.8. The average Bonchev–Trinajstić information content (AvgIpc) is 3.05. The predicted molar refractivity (Wildman–Crippen MR) is 175 cm³/mol. The summed E-state index contributed by atoms with van der Waals surface area (Å²) in [7, 11) is -3.70. The smallest absolute Gasteiger partial charge is 0.359 e. The summed E-state index contributed by atoms with van der Waals surface area (Å²) in [6.45, 7) is 3.03. The number of nitrogens with zero attached hydrogens (tertiary/aromatic N) is 1. The molecule has 9 nitrogen and oxygen atoms in total. The molecule has 2 unspecified atom stereocenters. The van der Waals surface area contributed by atoms with Crippen LogP contribution in [-0.4, -0.2) is 47.6 Å². The van der Waals surface area contributed by atoms with E-state index in [0.717, 1.165) is 10.5 Å². The number of carbonyl (C=O) groups excluding carboxylic acids is 3. The molecule has 1 saturated heterocycles. The Bertz CT molecular complexity index is 1800. The van der Waals surface area contributed by atoms with Crippen LogP contribution in [0.2, 0.25) is 0 Å². The fourth-order valence-electron chi connectivity index (χ4n) is 5.00. The van der Waals surface area contributed by atoms with Crippen molar-refractivity contribution in [3.05, 3.63) is 149 Å². The maximum Gasteiger partial charge on any atom is 0.359 e. The molecule has 5 rings (SSSR count). The van der Waals surface area contributed by atoms with Gasteiger partial charge in [0.1, 0.15) is 17.2 Å². The molecule has 2 N–H and O–H groups in total. The highest BCUT2D eigenvalue weighted by molar-refractivity contribution is 8.72. The summed E-state index contributed by atoms with van der Waals surface area (Å²) >= 11 is 0. The number of aryl methyl sites for hydroxylation is 1. The van der Waals surface area contributed by atoms with Gasteiger partial charge in [-0.1, -0.05) is 109 Å². The molecule has 46 heavy (non-hydrogen) atoms. The number of nitrogens with one attached hydrogen (secondary N) is 1.